The van der Waals surface area contributed by atoms with Crippen molar-refractivity contribution in [2.24, 2.45) is 0 Å². The fourth-order valence-corrected chi connectivity index (χ4v) is 4.36. The molecule has 0 N–H and O–H groups in total. The van der Waals surface area contributed by atoms with Crippen molar-refractivity contribution in [2.75, 3.05) is 31.6 Å². The van der Waals surface area contributed by atoms with E-state index in [9.17, 15) is 0 Å². The first-order chi connectivity index (χ1) is 11.1. The predicted octanol–water partition coefficient (Wildman–Crippen LogP) is 4.76. The first-order valence-corrected chi connectivity index (χ1v) is 8.79. The number of nitrogens with zero attached hydrogens (tertiary/aromatic N) is 2. The van der Waals surface area contributed by atoms with Gasteiger partial charge in [0.1, 0.15) is 0 Å². The standard InChI is InChI=1S/C20H23ClN2/c1-15-7-8-16(21)13-19(15)23-14-20(9-11-22(2)12-10-20)17-5-3-4-6-18(17)23/h3-8,13H,9-12,14H2,1-2H3. The molecule has 0 aliphatic carbocycles. The molecule has 1 fully saturated rings. The molecule has 1 saturated heterocycles. The largest absolute Gasteiger partial charge is 0.340 e. The van der Waals surface area contributed by atoms with Crippen molar-refractivity contribution in [3.8, 4) is 0 Å². The van der Waals surface area contributed by atoms with E-state index in [1.807, 2.05) is 6.07 Å². The summed E-state index contributed by atoms with van der Waals surface area (Å²) in [4.78, 5) is 4.93. The minimum Gasteiger partial charge on any atom is -0.340 e. The van der Waals surface area contributed by atoms with Gasteiger partial charge in [-0.15, -0.1) is 0 Å². The monoisotopic (exact) mass is 326 g/mol. The van der Waals surface area contributed by atoms with Crippen molar-refractivity contribution in [2.45, 2.75) is 25.2 Å². The summed E-state index contributed by atoms with van der Waals surface area (Å²) >= 11 is 6.29. The molecule has 2 aromatic rings. The lowest BCUT2D eigenvalue weighted by Crippen LogP contribution is -2.43. The fourth-order valence-electron chi connectivity index (χ4n) is 4.19. The quantitative estimate of drug-likeness (QED) is 0.745. The molecule has 120 valence electrons. The van der Waals surface area contributed by atoms with Gasteiger partial charge in [-0.3, -0.25) is 0 Å². The highest BCUT2D eigenvalue weighted by atomic mass is 35.5. The number of piperidine rings is 1. The third-order valence-corrected chi connectivity index (χ3v) is 5.87. The Morgan fingerprint density at radius 1 is 1.00 bits per heavy atom. The lowest BCUT2D eigenvalue weighted by atomic mass is 9.74. The zero-order valence-corrected chi connectivity index (χ0v) is 14.6. The Kier molecular flexibility index (Phi) is 3.62. The van der Waals surface area contributed by atoms with Crippen molar-refractivity contribution < 1.29 is 0 Å². The van der Waals surface area contributed by atoms with Crippen molar-refractivity contribution in [3.05, 3.63) is 58.6 Å². The predicted molar refractivity (Wildman–Crippen MR) is 98.0 cm³/mol. The molecule has 2 heterocycles. The Morgan fingerprint density at radius 2 is 1.74 bits per heavy atom. The van der Waals surface area contributed by atoms with Crippen LogP contribution in [0.3, 0.4) is 0 Å². The van der Waals surface area contributed by atoms with Crippen LogP contribution in [0.15, 0.2) is 42.5 Å². The molecule has 2 aromatic carbocycles. The molecule has 0 bridgehead atoms. The number of para-hydroxylation sites is 1. The van der Waals surface area contributed by atoms with E-state index in [1.54, 1.807) is 0 Å². The van der Waals surface area contributed by atoms with Gasteiger partial charge in [0.05, 0.1) is 0 Å². The maximum Gasteiger partial charge on any atom is 0.0455 e. The molecular formula is C20H23ClN2. The molecular weight excluding hydrogens is 304 g/mol. The van der Waals surface area contributed by atoms with Gasteiger partial charge in [0.2, 0.25) is 0 Å². The number of anilines is 2. The lowest BCUT2D eigenvalue weighted by Gasteiger charge is -2.38. The normalized spacial score (nSPS) is 20.0. The Labute approximate surface area is 143 Å². The van der Waals surface area contributed by atoms with Gasteiger partial charge in [-0.05, 0) is 69.2 Å². The van der Waals surface area contributed by atoms with Gasteiger partial charge in [-0.1, -0.05) is 35.9 Å². The van der Waals surface area contributed by atoms with Crippen LogP contribution in [0.2, 0.25) is 5.02 Å². The number of hydrogen-bond donors (Lipinski definition) is 0. The van der Waals surface area contributed by atoms with Crippen LogP contribution < -0.4 is 4.90 Å². The average Bonchev–Trinajstić information content (AvgIpc) is 2.88. The molecule has 1 spiro atoms. The van der Waals surface area contributed by atoms with Gasteiger partial charge in [-0.25, -0.2) is 0 Å². The second-order valence-corrected chi connectivity index (χ2v) is 7.55. The van der Waals surface area contributed by atoms with Gasteiger partial charge in [0.15, 0.2) is 0 Å². The van der Waals surface area contributed by atoms with E-state index in [0.29, 0.717) is 0 Å². The molecule has 0 radical (unpaired) electrons. The van der Waals surface area contributed by atoms with Crippen molar-refractivity contribution in [1.82, 2.24) is 4.90 Å². The smallest absolute Gasteiger partial charge is 0.0455 e. The molecule has 0 saturated carbocycles. The summed E-state index contributed by atoms with van der Waals surface area (Å²) in [5.41, 5.74) is 5.71. The van der Waals surface area contributed by atoms with Crippen molar-refractivity contribution >= 4 is 23.0 Å². The zero-order chi connectivity index (χ0) is 16.0. The summed E-state index contributed by atoms with van der Waals surface area (Å²) in [5, 5.41) is 0.812. The summed E-state index contributed by atoms with van der Waals surface area (Å²) in [5.74, 6) is 0. The summed E-state index contributed by atoms with van der Waals surface area (Å²) < 4.78 is 0. The van der Waals surface area contributed by atoms with Crippen LogP contribution in [0.25, 0.3) is 0 Å². The second-order valence-electron chi connectivity index (χ2n) is 7.12. The first-order valence-electron chi connectivity index (χ1n) is 8.41. The van der Waals surface area contributed by atoms with Gasteiger partial charge in [0, 0.05) is 28.4 Å². The Balaban J connectivity index is 1.80. The minimum atomic E-state index is 0.290. The number of rotatable bonds is 1. The second kappa shape index (κ2) is 5.54. The van der Waals surface area contributed by atoms with Crippen LogP contribution in [0.4, 0.5) is 11.4 Å². The number of aryl methyl sites for hydroxylation is 1. The number of halogens is 1. The van der Waals surface area contributed by atoms with E-state index in [4.69, 9.17) is 11.6 Å². The molecule has 2 aliphatic heterocycles. The van der Waals surface area contributed by atoms with Crippen LogP contribution >= 0.6 is 11.6 Å². The van der Waals surface area contributed by atoms with Crippen LogP contribution in [0.5, 0.6) is 0 Å². The lowest BCUT2D eigenvalue weighted by molar-refractivity contribution is 0.198. The van der Waals surface area contributed by atoms with Gasteiger partial charge in [0.25, 0.3) is 0 Å². The Bertz CT molecular complexity index is 732. The van der Waals surface area contributed by atoms with E-state index in [1.165, 1.54) is 48.4 Å². The molecule has 23 heavy (non-hydrogen) atoms. The third-order valence-electron chi connectivity index (χ3n) is 5.63. The number of hydrogen-bond acceptors (Lipinski definition) is 2. The molecule has 3 heteroatoms. The van der Waals surface area contributed by atoms with E-state index < -0.39 is 0 Å². The van der Waals surface area contributed by atoms with E-state index in [2.05, 4.69) is 60.2 Å². The number of benzene rings is 2. The molecule has 0 aromatic heterocycles. The van der Waals surface area contributed by atoms with Crippen molar-refractivity contribution in [1.29, 1.82) is 0 Å². The van der Waals surface area contributed by atoms with Gasteiger partial charge < -0.3 is 9.80 Å². The van der Waals surface area contributed by atoms with Crippen LogP contribution in [0, 0.1) is 6.92 Å². The fraction of sp³-hybridized carbons (Fsp3) is 0.400. The maximum atomic E-state index is 6.29. The highest BCUT2D eigenvalue weighted by Crippen LogP contribution is 2.50. The summed E-state index contributed by atoms with van der Waals surface area (Å²) in [6.07, 6.45) is 2.47. The van der Waals surface area contributed by atoms with Crippen LogP contribution in [0.1, 0.15) is 24.0 Å². The summed E-state index contributed by atoms with van der Waals surface area (Å²) in [6.45, 7) is 5.60. The summed E-state index contributed by atoms with van der Waals surface area (Å²) in [7, 11) is 2.23. The van der Waals surface area contributed by atoms with E-state index in [0.717, 1.165) is 11.6 Å². The van der Waals surface area contributed by atoms with E-state index >= 15 is 0 Å². The molecule has 0 amide bonds. The highest BCUT2D eigenvalue weighted by molar-refractivity contribution is 6.30. The first kappa shape index (κ1) is 15.0. The zero-order valence-electron chi connectivity index (χ0n) is 13.8. The maximum absolute atomic E-state index is 6.29. The number of fused-ring (bicyclic) bond motifs is 2. The van der Waals surface area contributed by atoms with E-state index in [-0.39, 0.29) is 5.41 Å². The number of likely N-dealkylation sites (tertiary alicyclic amines) is 1. The summed E-state index contributed by atoms with van der Waals surface area (Å²) in [6, 6.07) is 15.2. The van der Waals surface area contributed by atoms with Gasteiger partial charge >= 0.3 is 0 Å². The SMILES string of the molecule is Cc1ccc(Cl)cc1N1CC2(CCN(C)CC2)c2ccccc21. The Morgan fingerprint density at radius 3 is 2.52 bits per heavy atom. The average molecular weight is 327 g/mol. The van der Waals surface area contributed by atoms with Crippen LogP contribution in [-0.2, 0) is 5.41 Å². The van der Waals surface area contributed by atoms with Crippen molar-refractivity contribution in [3.63, 3.8) is 0 Å². The molecule has 0 atom stereocenters. The minimum absolute atomic E-state index is 0.290. The van der Waals surface area contributed by atoms with Gasteiger partial charge in [-0.2, -0.15) is 0 Å². The van der Waals surface area contributed by atoms with Crippen LogP contribution in [-0.4, -0.2) is 31.6 Å². The molecule has 2 nitrogen and oxygen atoms in total. The molecule has 0 unspecified atom stereocenters. The molecule has 2 aliphatic rings. The molecule has 4 rings (SSSR count). The highest BCUT2D eigenvalue weighted by Gasteiger charge is 2.44. The topological polar surface area (TPSA) is 6.48 Å². The Hall–Kier alpha value is -1.51. The third kappa shape index (κ3) is 2.45.